The van der Waals surface area contributed by atoms with Gasteiger partial charge in [-0.05, 0) is 0 Å². The van der Waals surface area contributed by atoms with E-state index in [0.29, 0.717) is 5.69 Å². The first-order chi connectivity index (χ1) is 4.75. The highest BCUT2D eigenvalue weighted by Gasteiger charge is 2.05. The lowest BCUT2D eigenvalue weighted by Crippen LogP contribution is -2.00. The number of aliphatic hydroxyl groups is 1. The van der Waals surface area contributed by atoms with Crippen LogP contribution in [0.3, 0.4) is 0 Å². The molecule has 0 saturated carbocycles. The third kappa shape index (κ3) is 1.02. The molecule has 0 spiro atoms. The van der Waals surface area contributed by atoms with Crippen molar-refractivity contribution in [2.75, 3.05) is 0 Å². The van der Waals surface area contributed by atoms with E-state index in [0.717, 1.165) is 0 Å². The maximum absolute atomic E-state index is 9.10. The van der Waals surface area contributed by atoms with Crippen molar-refractivity contribution in [2.24, 2.45) is 7.05 Å². The second kappa shape index (κ2) is 2.54. The normalized spacial score (nSPS) is 12.5. The molecule has 0 amide bonds. The predicted octanol–water partition coefficient (Wildman–Crippen LogP) is 0.0867. The Bertz CT molecular complexity index is 259. The van der Waals surface area contributed by atoms with E-state index in [-0.39, 0.29) is 0 Å². The van der Waals surface area contributed by atoms with Gasteiger partial charge < -0.3 is 9.67 Å². The molecule has 1 atom stereocenters. The molecular weight excluding hydrogens is 128 g/mol. The fourth-order valence-electron chi connectivity index (χ4n) is 0.716. The molecule has 1 heterocycles. The number of hydrogen-bond acceptors (Lipinski definition) is 2. The Morgan fingerprint density at radius 1 is 1.90 bits per heavy atom. The van der Waals surface area contributed by atoms with Crippen molar-refractivity contribution in [2.45, 2.75) is 6.10 Å². The number of hydrogen-bond donors (Lipinski definition) is 1. The predicted molar refractivity (Wildman–Crippen MR) is 37.0 cm³/mol. The molecule has 3 nitrogen and oxygen atoms in total. The van der Waals surface area contributed by atoms with Crippen LogP contribution in [0, 0.1) is 12.3 Å². The summed E-state index contributed by atoms with van der Waals surface area (Å²) in [6.45, 7) is 0. The second-order valence-electron chi connectivity index (χ2n) is 2.00. The first-order valence-electron chi connectivity index (χ1n) is 2.86. The van der Waals surface area contributed by atoms with Gasteiger partial charge in [-0.25, -0.2) is 4.98 Å². The Kier molecular flexibility index (Phi) is 1.74. The van der Waals surface area contributed by atoms with Crippen molar-refractivity contribution in [3.63, 3.8) is 0 Å². The van der Waals surface area contributed by atoms with Crippen molar-refractivity contribution in [1.29, 1.82) is 0 Å². The molecule has 0 aliphatic carbocycles. The van der Waals surface area contributed by atoms with E-state index in [2.05, 4.69) is 10.9 Å². The molecule has 1 rings (SSSR count). The van der Waals surface area contributed by atoms with Crippen LogP contribution in [-0.2, 0) is 7.05 Å². The summed E-state index contributed by atoms with van der Waals surface area (Å²) < 4.78 is 1.69. The van der Waals surface area contributed by atoms with Gasteiger partial charge in [0.15, 0.2) is 6.10 Å². The molecule has 0 saturated heterocycles. The van der Waals surface area contributed by atoms with Gasteiger partial charge in [-0.1, -0.05) is 5.92 Å². The zero-order valence-electron chi connectivity index (χ0n) is 5.65. The third-order valence-corrected chi connectivity index (χ3v) is 1.29. The highest BCUT2D eigenvalue weighted by molar-refractivity contribution is 5.12. The van der Waals surface area contributed by atoms with Gasteiger partial charge in [-0.3, -0.25) is 0 Å². The first-order valence-corrected chi connectivity index (χ1v) is 2.86. The van der Waals surface area contributed by atoms with Crippen LogP contribution in [0.4, 0.5) is 0 Å². The fraction of sp³-hybridized carbons (Fsp3) is 0.286. The highest BCUT2D eigenvalue weighted by atomic mass is 16.3. The molecule has 1 aromatic rings. The van der Waals surface area contributed by atoms with Crippen molar-refractivity contribution >= 4 is 0 Å². The standard InChI is InChI=1S/C7H8N2O/c1-3-7(10)6-4-8-5-9(6)2/h1,4-5,7,10H,2H3/t7-/m0/s1. The van der Waals surface area contributed by atoms with Crippen LogP contribution in [0.15, 0.2) is 12.5 Å². The largest absolute Gasteiger partial charge is 0.374 e. The van der Waals surface area contributed by atoms with Gasteiger partial charge in [-0.15, -0.1) is 6.42 Å². The summed E-state index contributed by atoms with van der Waals surface area (Å²) in [5.74, 6) is 2.20. The molecule has 1 N–H and O–H groups in total. The first kappa shape index (κ1) is 6.84. The maximum atomic E-state index is 9.10. The minimum absolute atomic E-state index is 0.641. The molecule has 0 radical (unpaired) electrons. The summed E-state index contributed by atoms with van der Waals surface area (Å²) in [4.78, 5) is 3.80. The van der Waals surface area contributed by atoms with E-state index in [1.54, 1.807) is 24.1 Å². The molecule has 52 valence electrons. The number of aromatic nitrogens is 2. The van der Waals surface area contributed by atoms with E-state index in [9.17, 15) is 0 Å². The molecule has 0 unspecified atom stereocenters. The molecule has 0 fully saturated rings. The van der Waals surface area contributed by atoms with Gasteiger partial charge in [0, 0.05) is 7.05 Å². The molecule has 0 bridgehead atoms. The van der Waals surface area contributed by atoms with Crippen molar-refractivity contribution in [1.82, 2.24) is 9.55 Å². The summed E-state index contributed by atoms with van der Waals surface area (Å²) in [6, 6.07) is 0. The lowest BCUT2D eigenvalue weighted by atomic mass is 10.3. The van der Waals surface area contributed by atoms with Gasteiger partial charge in [0.25, 0.3) is 0 Å². The minimum Gasteiger partial charge on any atom is -0.374 e. The van der Waals surface area contributed by atoms with Gasteiger partial charge >= 0.3 is 0 Å². The Balaban J connectivity index is 2.96. The van der Waals surface area contributed by atoms with E-state index >= 15 is 0 Å². The fourth-order valence-corrected chi connectivity index (χ4v) is 0.716. The Hall–Kier alpha value is -1.27. The van der Waals surface area contributed by atoms with Crippen LogP contribution in [-0.4, -0.2) is 14.7 Å². The summed E-state index contributed by atoms with van der Waals surface area (Å²) in [5, 5.41) is 9.10. The van der Waals surface area contributed by atoms with Crippen LogP contribution in [0.25, 0.3) is 0 Å². The lowest BCUT2D eigenvalue weighted by molar-refractivity contribution is 0.229. The molecule has 0 aliphatic rings. The number of nitrogens with zero attached hydrogens (tertiary/aromatic N) is 2. The number of imidazole rings is 1. The average Bonchev–Trinajstić information content (AvgIpc) is 2.34. The third-order valence-electron chi connectivity index (χ3n) is 1.29. The van der Waals surface area contributed by atoms with E-state index in [4.69, 9.17) is 11.5 Å². The summed E-state index contributed by atoms with van der Waals surface area (Å²) in [5.41, 5.74) is 0.641. The molecule has 1 aromatic heterocycles. The monoisotopic (exact) mass is 136 g/mol. The van der Waals surface area contributed by atoms with Gasteiger partial charge in [-0.2, -0.15) is 0 Å². The zero-order chi connectivity index (χ0) is 7.56. The van der Waals surface area contributed by atoms with E-state index < -0.39 is 6.10 Å². The van der Waals surface area contributed by atoms with Crippen molar-refractivity contribution in [3.8, 4) is 12.3 Å². The SMILES string of the molecule is C#C[C@H](O)c1cncn1C. The lowest BCUT2D eigenvalue weighted by Gasteiger charge is -2.01. The number of aliphatic hydroxyl groups excluding tert-OH is 1. The maximum Gasteiger partial charge on any atom is 0.156 e. The molecule has 3 heteroatoms. The van der Waals surface area contributed by atoms with Crippen LogP contribution in [0.1, 0.15) is 11.8 Å². The zero-order valence-corrected chi connectivity index (χ0v) is 5.65. The Morgan fingerprint density at radius 3 is 3.00 bits per heavy atom. The topological polar surface area (TPSA) is 38.1 Å². The van der Waals surface area contributed by atoms with Gasteiger partial charge in [0.1, 0.15) is 0 Å². The van der Waals surface area contributed by atoms with Crippen LogP contribution >= 0.6 is 0 Å². The molecular formula is C7H8N2O. The van der Waals surface area contributed by atoms with E-state index in [1.807, 2.05) is 0 Å². The molecule has 10 heavy (non-hydrogen) atoms. The number of aryl methyl sites for hydroxylation is 1. The number of rotatable bonds is 1. The van der Waals surface area contributed by atoms with Crippen molar-refractivity contribution < 1.29 is 5.11 Å². The minimum atomic E-state index is -0.840. The van der Waals surface area contributed by atoms with Gasteiger partial charge in [0.05, 0.1) is 18.2 Å². The summed E-state index contributed by atoms with van der Waals surface area (Å²) >= 11 is 0. The molecule has 0 aromatic carbocycles. The average molecular weight is 136 g/mol. The van der Waals surface area contributed by atoms with Crippen LogP contribution in [0.5, 0.6) is 0 Å². The Labute approximate surface area is 59.3 Å². The molecule has 0 aliphatic heterocycles. The quantitative estimate of drug-likeness (QED) is 0.555. The summed E-state index contributed by atoms with van der Waals surface area (Å²) in [6.07, 6.45) is 7.29. The summed E-state index contributed by atoms with van der Waals surface area (Å²) in [7, 11) is 1.78. The second-order valence-corrected chi connectivity index (χ2v) is 2.00. The smallest absolute Gasteiger partial charge is 0.156 e. The van der Waals surface area contributed by atoms with Crippen LogP contribution < -0.4 is 0 Å². The highest BCUT2D eigenvalue weighted by Crippen LogP contribution is 2.08. The van der Waals surface area contributed by atoms with Gasteiger partial charge in [0.2, 0.25) is 0 Å². The Morgan fingerprint density at radius 2 is 2.60 bits per heavy atom. The number of terminal acetylenes is 1. The van der Waals surface area contributed by atoms with Crippen LogP contribution in [0.2, 0.25) is 0 Å². The van der Waals surface area contributed by atoms with Crippen molar-refractivity contribution in [3.05, 3.63) is 18.2 Å². The van der Waals surface area contributed by atoms with E-state index in [1.165, 1.54) is 0 Å².